The van der Waals surface area contributed by atoms with Gasteiger partial charge in [-0.1, -0.05) is 59.1 Å². The van der Waals surface area contributed by atoms with Gasteiger partial charge in [0.2, 0.25) is 0 Å². The first-order chi connectivity index (χ1) is 15.4. The molecule has 7 heteroatoms. The number of benzene rings is 3. The zero-order valence-electron chi connectivity index (χ0n) is 16.8. The van der Waals surface area contributed by atoms with Gasteiger partial charge in [0, 0.05) is 21.1 Å². The van der Waals surface area contributed by atoms with Crippen LogP contribution in [0.4, 0.5) is 0 Å². The van der Waals surface area contributed by atoms with Gasteiger partial charge in [0.1, 0.15) is 0 Å². The lowest BCUT2D eigenvalue weighted by molar-refractivity contribution is -0.129. The van der Waals surface area contributed by atoms with Gasteiger partial charge < -0.3 is 9.47 Å². The van der Waals surface area contributed by atoms with Crippen molar-refractivity contribution in [2.75, 3.05) is 7.11 Å². The topological polar surface area (TPSA) is 59.3 Å². The number of allylic oxidation sites excluding steroid dienone is 1. The van der Waals surface area contributed by atoms with E-state index in [1.165, 1.54) is 19.3 Å². The van der Waals surface area contributed by atoms with Gasteiger partial charge >= 0.3 is 5.97 Å². The fourth-order valence-electron chi connectivity index (χ4n) is 2.77. The van der Waals surface area contributed by atoms with Crippen molar-refractivity contribution in [1.82, 2.24) is 0 Å². The Morgan fingerprint density at radius 3 is 2.31 bits per heavy atom. The predicted octanol–water partition coefficient (Wildman–Crippen LogP) is 7.34. The molecule has 32 heavy (non-hydrogen) atoms. The van der Waals surface area contributed by atoms with E-state index in [1.54, 1.807) is 66.7 Å². The molecule has 0 spiro atoms. The molecule has 0 amide bonds. The molecule has 0 aliphatic rings. The summed E-state index contributed by atoms with van der Waals surface area (Å²) in [7, 11) is 1.47. The van der Waals surface area contributed by atoms with Crippen LogP contribution in [-0.4, -0.2) is 13.1 Å². The molecule has 0 fully saturated rings. The SMILES string of the molecule is COc1cc(/C=C(/C#N)c2ccc(Cl)cc2)ccc1OC(=O)/C=C/c1ccc(Cl)cc1Cl. The van der Waals surface area contributed by atoms with Crippen LogP contribution in [0.15, 0.2) is 66.7 Å². The van der Waals surface area contributed by atoms with E-state index in [4.69, 9.17) is 44.3 Å². The number of methoxy groups -OCH3 is 1. The molecule has 0 radical (unpaired) electrons. The third-order valence-corrected chi connectivity index (χ3v) is 5.16. The minimum atomic E-state index is -0.600. The van der Waals surface area contributed by atoms with Crippen LogP contribution in [0.25, 0.3) is 17.7 Å². The maximum atomic E-state index is 12.3. The quantitative estimate of drug-likeness (QED) is 0.121. The van der Waals surface area contributed by atoms with Crippen molar-refractivity contribution >= 4 is 58.5 Å². The first kappa shape index (κ1) is 23.4. The van der Waals surface area contributed by atoms with E-state index in [0.29, 0.717) is 37.5 Å². The molecule has 4 nitrogen and oxygen atoms in total. The van der Waals surface area contributed by atoms with Gasteiger partial charge in [0.25, 0.3) is 0 Å². The zero-order chi connectivity index (χ0) is 23.1. The molecule has 0 aliphatic carbocycles. The van der Waals surface area contributed by atoms with Crippen LogP contribution >= 0.6 is 34.8 Å². The fraction of sp³-hybridized carbons (Fsp3) is 0.0400. The Balaban J connectivity index is 1.79. The molecule has 0 aliphatic heterocycles. The minimum Gasteiger partial charge on any atom is -0.493 e. The zero-order valence-corrected chi connectivity index (χ0v) is 19.1. The molecule has 0 saturated heterocycles. The third-order valence-electron chi connectivity index (χ3n) is 4.35. The van der Waals surface area contributed by atoms with Crippen LogP contribution in [0.5, 0.6) is 11.5 Å². The lowest BCUT2D eigenvalue weighted by Gasteiger charge is -2.09. The van der Waals surface area contributed by atoms with Crippen LogP contribution in [0.3, 0.4) is 0 Å². The molecule has 3 aromatic rings. The molecular formula is C25H16Cl3NO3. The fourth-order valence-corrected chi connectivity index (χ4v) is 3.37. The molecule has 160 valence electrons. The van der Waals surface area contributed by atoms with Crippen molar-refractivity contribution in [3.05, 3.63) is 98.5 Å². The van der Waals surface area contributed by atoms with Crippen LogP contribution in [-0.2, 0) is 4.79 Å². The molecule has 3 aromatic carbocycles. The van der Waals surface area contributed by atoms with Gasteiger partial charge in [-0.05, 0) is 65.2 Å². The average molecular weight is 485 g/mol. The minimum absolute atomic E-state index is 0.242. The van der Waals surface area contributed by atoms with Crippen molar-refractivity contribution in [2.45, 2.75) is 0 Å². The summed E-state index contributed by atoms with van der Waals surface area (Å²) in [5.41, 5.74) is 2.52. The Morgan fingerprint density at radius 2 is 1.66 bits per heavy atom. The highest BCUT2D eigenvalue weighted by Crippen LogP contribution is 2.30. The number of ether oxygens (including phenoxy) is 2. The number of rotatable bonds is 6. The van der Waals surface area contributed by atoms with Gasteiger partial charge in [0.15, 0.2) is 11.5 Å². The average Bonchev–Trinajstić information content (AvgIpc) is 2.78. The maximum Gasteiger partial charge on any atom is 0.336 e. The number of hydrogen-bond donors (Lipinski definition) is 0. The largest absolute Gasteiger partial charge is 0.493 e. The highest BCUT2D eigenvalue weighted by Gasteiger charge is 2.10. The summed E-state index contributed by atoms with van der Waals surface area (Å²) in [5.74, 6) is -0.0126. The van der Waals surface area contributed by atoms with Crippen molar-refractivity contribution in [2.24, 2.45) is 0 Å². The van der Waals surface area contributed by atoms with Gasteiger partial charge in [-0.3, -0.25) is 0 Å². The van der Waals surface area contributed by atoms with Crippen LogP contribution in [0, 0.1) is 11.3 Å². The van der Waals surface area contributed by atoms with E-state index < -0.39 is 5.97 Å². The smallest absolute Gasteiger partial charge is 0.336 e. The van der Waals surface area contributed by atoms with Crippen molar-refractivity contribution in [1.29, 1.82) is 5.26 Å². The summed E-state index contributed by atoms with van der Waals surface area (Å²) in [6, 6.07) is 19.1. The Morgan fingerprint density at radius 1 is 0.938 bits per heavy atom. The lowest BCUT2D eigenvalue weighted by atomic mass is 10.0. The molecule has 0 saturated carbocycles. The standard InChI is InChI=1S/C25H16Cl3NO3/c1-31-24-13-16(12-19(15-29)17-3-7-20(26)8-4-17)2-10-23(24)32-25(30)11-6-18-5-9-21(27)14-22(18)28/h2-14H,1H3/b11-6+,19-12-. The summed E-state index contributed by atoms with van der Waals surface area (Å²) in [6.45, 7) is 0. The highest BCUT2D eigenvalue weighted by molar-refractivity contribution is 6.35. The van der Waals surface area contributed by atoms with Gasteiger partial charge in [-0.15, -0.1) is 0 Å². The molecule has 0 heterocycles. The molecule has 0 N–H and O–H groups in total. The summed E-state index contributed by atoms with van der Waals surface area (Å²) in [6.07, 6.45) is 4.51. The number of carbonyl (C=O) groups excluding carboxylic acids is 1. The number of halogens is 3. The Labute approximate surface area is 200 Å². The van der Waals surface area contributed by atoms with E-state index in [-0.39, 0.29) is 5.75 Å². The Kier molecular flexibility index (Phi) is 7.97. The summed E-state index contributed by atoms with van der Waals surface area (Å²) in [4.78, 5) is 12.3. The molecule has 0 atom stereocenters. The normalized spacial score (nSPS) is 11.3. The second-order valence-corrected chi connectivity index (χ2v) is 7.79. The van der Waals surface area contributed by atoms with E-state index >= 15 is 0 Å². The van der Waals surface area contributed by atoms with Crippen LogP contribution in [0.1, 0.15) is 16.7 Å². The molecule has 0 aromatic heterocycles. The van der Waals surface area contributed by atoms with Gasteiger partial charge in [-0.25, -0.2) is 4.79 Å². The number of hydrogen-bond acceptors (Lipinski definition) is 4. The van der Waals surface area contributed by atoms with Crippen molar-refractivity contribution < 1.29 is 14.3 Å². The number of esters is 1. The van der Waals surface area contributed by atoms with Gasteiger partial charge in [0.05, 0.1) is 18.8 Å². The molecular weight excluding hydrogens is 469 g/mol. The summed E-state index contributed by atoms with van der Waals surface area (Å²) in [5, 5.41) is 11.0. The Hall–Kier alpha value is -3.23. The number of nitriles is 1. The van der Waals surface area contributed by atoms with Crippen molar-refractivity contribution in [3.63, 3.8) is 0 Å². The first-order valence-corrected chi connectivity index (χ1v) is 10.4. The predicted molar refractivity (Wildman–Crippen MR) is 129 cm³/mol. The summed E-state index contributed by atoms with van der Waals surface area (Å²) >= 11 is 17.9. The monoisotopic (exact) mass is 483 g/mol. The summed E-state index contributed by atoms with van der Waals surface area (Å²) < 4.78 is 10.7. The maximum absolute atomic E-state index is 12.3. The van der Waals surface area contributed by atoms with Gasteiger partial charge in [-0.2, -0.15) is 5.26 Å². The number of nitrogens with zero attached hydrogens (tertiary/aromatic N) is 1. The molecule has 3 rings (SSSR count). The molecule has 0 unspecified atom stereocenters. The Bertz CT molecular complexity index is 1240. The van der Waals surface area contributed by atoms with E-state index in [0.717, 1.165) is 5.56 Å². The van der Waals surface area contributed by atoms with Crippen LogP contribution < -0.4 is 9.47 Å². The number of carbonyl (C=O) groups is 1. The van der Waals surface area contributed by atoms with E-state index in [1.807, 2.05) is 0 Å². The molecule has 0 bridgehead atoms. The third kappa shape index (κ3) is 6.15. The van der Waals surface area contributed by atoms with Crippen LogP contribution in [0.2, 0.25) is 15.1 Å². The highest BCUT2D eigenvalue weighted by atomic mass is 35.5. The van der Waals surface area contributed by atoms with E-state index in [9.17, 15) is 10.1 Å². The van der Waals surface area contributed by atoms with E-state index in [2.05, 4.69) is 6.07 Å². The second kappa shape index (κ2) is 10.9. The van der Waals surface area contributed by atoms with Crippen molar-refractivity contribution in [3.8, 4) is 17.6 Å². The first-order valence-electron chi connectivity index (χ1n) is 9.30. The lowest BCUT2D eigenvalue weighted by Crippen LogP contribution is -2.05. The second-order valence-electron chi connectivity index (χ2n) is 6.51.